The van der Waals surface area contributed by atoms with E-state index in [1.165, 1.54) is 0 Å². The Kier molecular flexibility index (Phi) is 6.50. The summed E-state index contributed by atoms with van der Waals surface area (Å²) in [6.07, 6.45) is 1.42. The molecule has 1 aromatic rings. The molecule has 1 fully saturated rings. The Bertz CT molecular complexity index is 456. The maximum absolute atomic E-state index is 12.0. The fraction of sp³-hybridized carbons (Fsp3) is 0.375. The lowest BCUT2D eigenvalue weighted by molar-refractivity contribution is -0.127. The van der Waals surface area contributed by atoms with E-state index in [4.69, 9.17) is 4.74 Å². The first-order chi connectivity index (χ1) is 9.72. The molecule has 0 unspecified atom stereocenters. The van der Waals surface area contributed by atoms with Crippen LogP contribution in [0.4, 0.5) is 4.79 Å². The van der Waals surface area contributed by atoms with Crippen LogP contribution in [0.15, 0.2) is 43.0 Å². The molecule has 0 bridgehead atoms. The lowest BCUT2D eigenvalue weighted by atomic mass is 9.95. The second kappa shape index (κ2) is 8.15. The van der Waals surface area contributed by atoms with Gasteiger partial charge in [0.05, 0.1) is 6.54 Å². The maximum atomic E-state index is 12.0. The number of hydrogen-bond donors (Lipinski definition) is 0. The number of rotatable bonds is 4. The van der Waals surface area contributed by atoms with Gasteiger partial charge < -0.3 is 4.74 Å². The number of carbonyl (C=O) groups is 2. The van der Waals surface area contributed by atoms with Gasteiger partial charge in [-0.15, -0.1) is 6.58 Å². The molecule has 0 aromatic heterocycles. The number of hydrogen-bond acceptors (Lipinski definition) is 3. The first-order valence-corrected chi connectivity index (χ1v) is 6.87. The van der Waals surface area contributed by atoms with Crippen LogP contribution in [0, 0.1) is 0 Å². The molecule has 4 nitrogen and oxygen atoms in total. The van der Waals surface area contributed by atoms with Crippen LogP contribution in [-0.2, 0) is 9.53 Å². The Morgan fingerprint density at radius 2 is 2.05 bits per heavy atom. The van der Waals surface area contributed by atoms with Crippen molar-refractivity contribution in [2.45, 2.75) is 26.2 Å². The van der Waals surface area contributed by atoms with Crippen molar-refractivity contribution in [2.24, 2.45) is 0 Å². The molecule has 2 rings (SSSR count). The molecule has 0 spiro atoms. The molecular formula is C16H21NO3. The van der Waals surface area contributed by atoms with Crippen molar-refractivity contribution in [3.05, 3.63) is 48.6 Å². The van der Waals surface area contributed by atoms with Crippen molar-refractivity contribution in [2.75, 3.05) is 13.2 Å². The van der Waals surface area contributed by atoms with Gasteiger partial charge in [-0.05, 0) is 5.56 Å². The normalized spacial score (nSPS) is 14.9. The van der Waals surface area contributed by atoms with Crippen LogP contribution in [0.3, 0.4) is 0 Å². The highest BCUT2D eigenvalue weighted by Crippen LogP contribution is 2.22. The molecule has 0 radical (unpaired) electrons. The molecule has 1 aliphatic heterocycles. The molecule has 1 saturated heterocycles. The Morgan fingerprint density at radius 1 is 1.40 bits per heavy atom. The van der Waals surface area contributed by atoms with Crippen molar-refractivity contribution in [3.63, 3.8) is 0 Å². The minimum atomic E-state index is -0.545. The van der Waals surface area contributed by atoms with Gasteiger partial charge in [0.15, 0.2) is 0 Å². The highest BCUT2D eigenvalue weighted by Gasteiger charge is 2.29. The van der Waals surface area contributed by atoms with Crippen molar-refractivity contribution < 1.29 is 14.3 Å². The molecule has 0 saturated carbocycles. The summed E-state index contributed by atoms with van der Waals surface area (Å²) in [7, 11) is 0. The van der Waals surface area contributed by atoms with E-state index in [1.807, 2.05) is 44.2 Å². The predicted molar refractivity (Wildman–Crippen MR) is 78.4 cm³/mol. The number of carbonyl (C=O) groups excluding carboxylic acids is 2. The van der Waals surface area contributed by atoms with Crippen molar-refractivity contribution in [3.8, 4) is 0 Å². The highest BCUT2D eigenvalue weighted by molar-refractivity contribution is 5.93. The Balaban J connectivity index is 0.000000956. The average molecular weight is 275 g/mol. The van der Waals surface area contributed by atoms with Gasteiger partial charge in [0.25, 0.3) is 0 Å². The minimum absolute atomic E-state index is 0.0768. The fourth-order valence-corrected chi connectivity index (χ4v) is 1.96. The third kappa shape index (κ3) is 3.95. The summed E-state index contributed by atoms with van der Waals surface area (Å²) < 4.78 is 4.75. The average Bonchev–Trinajstić information content (AvgIpc) is 2.94. The smallest absolute Gasteiger partial charge is 0.416 e. The Hall–Kier alpha value is -2.10. The van der Waals surface area contributed by atoms with E-state index < -0.39 is 6.09 Å². The first kappa shape index (κ1) is 16.0. The van der Waals surface area contributed by atoms with Crippen LogP contribution >= 0.6 is 0 Å². The van der Waals surface area contributed by atoms with E-state index in [-0.39, 0.29) is 24.9 Å². The third-order valence-electron chi connectivity index (χ3n) is 2.97. The SMILES string of the molecule is C=C[C@@H](CC(=O)N1CCOC1=O)c1ccccc1.CC. The third-order valence-corrected chi connectivity index (χ3v) is 2.97. The van der Waals surface area contributed by atoms with Crippen molar-refractivity contribution >= 4 is 12.0 Å². The standard InChI is InChI=1S/C14H15NO3.C2H6/c1-2-11(12-6-4-3-5-7-12)10-13(16)15-8-9-18-14(15)17;1-2/h2-7,11H,1,8-10H2;1-2H3/t11-;/m0./s1. The molecule has 1 atom stereocenters. The first-order valence-electron chi connectivity index (χ1n) is 6.87. The van der Waals surface area contributed by atoms with Gasteiger partial charge in [0.2, 0.25) is 5.91 Å². The lowest BCUT2D eigenvalue weighted by Gasteiger charge is -2.16. The van der Waals surface area contributed by atoms with Crippen LogP contribution in [-0.4, -0.2) is 30.1 Å². The van der Waals surface area contributed by atoms with E-state index in [0.717, 1.165) is 10.5 Å². The molecule has 108 valence electrons. The zero-order valence-electron chi connectivity index (χ0n) is 12.0. The summed E-state index contributed by atoms with van der Waals surface area (Å²) in [5.41, 5.74) is 1.02. The minimum Gasteiger partial charge on any atom is -0.447 e. The summed E-state index contributed by atoms with van der Waals surface area (Å²) in [4.78, 5) is 24.4. The molecule has 20 heavy (non-hydrogen) atoms. The fourth-order valence-electron chi connectivity index (χ4n) is 1.96. The van der Waals surface area contributed by atoms with E-state index in [0.29, 0.717) is 6.54 Å². The topological polar surface area (TPSA) is 46.6 Å². The molecule has 1 heterocycles. The second-order valence-corrected chi connectivity index (χ2v) is 4.12. The maximum Gasteiger partial charge on any atom is 0.416 e. The Labute approximate surface area is 120 Å². The molecule has 0 N–H and O–H groups in total. The van der Waals surface area contributed by atoms with Crippen LogP contribution in [0.2, 0.25) is 0 Å². The molecule has 1 aliphatic rings. The van der Waals surface area contributed by atoms with Gasteiger partial charge in [-0.25, -0.2) is 9.69 Å². The van der Waals surface area contributed by atoms with Crippen LogP contribution in [0.1, 0.15) is 31.7 Å². The van der Waals surface area contributed by atoms with Crippen LogP contribution in [0.25, 0.3) is 0 Å². The summed E-state index contributed by atoms with van der Waals surface area (Å²) in [6, 6.07) is 9.65. The van der Waals surface area contributed by atoms with Gasteiger partial charge >= 0.3 is 6.09 Å². The molecule has 1 aromatic carbocycles. The number of allylic oxidation sites excluding steroid dienone is 1. The molecular weight excluding hydrogens is 254 g/mol. The van der Waals surface area contributed by atoms with Crippen molar-refractivity contribution in [1.29, 1.82) is 0 Å². The van der Waals surface area contributed by atoms with Crippen LogP contribution < -0.4 is 0 Å². The Morgan fingerprint density at radius 3 is 2.55 bits per heavy atom. The second-order valence-electron chi connectivity index (χ2n) is 4.12. The number of ether oxygens (including phenoxy) is 1. The van der Waals surface area contributed by atoms with Crippen LogP contribution in [0.5, 0.6) is 0 Å². The quantitative estimate of drug-likeness (QED) is 0.792. The number of amides is 2. The largest absolute Gasteiger partial charge is 0.447 e. The van der Waals surface area contributed by atoms with E-state index in [1.54, 1.807) is 6.08 Å². The lowest BCUT2D eigenvalue weighted by Crippen LogP contribution is -2.32. The molecule has 2 amide bonds. The monoisotopic (exact) mass is 275 g/mol. The van der Waals surface area contributed by atoms with Gasteiger partial charge in [-0.3, -0.25) is 4.79 Å². The summed E-state index contributed by atoms with van der Waals surface area (Å²) in [6.45, 7) is 8.38. The number of nitrogens with zero attached hydrogens (tertiary/aromatic N) is 1. The summed E-state index contributed by atoms with van der Waals surface area (Å²) in [5, 5.41) is 0. The summed E-state index contributed by atoms with van der Waals surface area (Å²) >= 11 is 0. The van der Waals surface area contributed by atoms with E-state index >= 15 is 0 Å². The molecule has 0 aliphatic carbocycles. The number of imide groups is 1. The van der Waals surface area contributed by atoms with Gasteiger partial charge in [-0.1, -0.05) is 50.3 Å². The summed E-state index contributed by atoms with van der Waals surface area (Å²) in [5.74, 6) is -0.293. The zero-order chi connectivity index (χ0) is 15.0. The highest BCUT2D eigenvalue weighted by atomic mass is 16.6. The number of cyclic esters (lactones) is 1. The zero-order valence-corrected chi connectivity index (χ0v) is 12.0. The molecule has 4 heteroatoms. The van der Waals surface area contributed by atoms with Gasteiger partial charge in [-0.2, -0.15) is 0 Å². The van der Waals surface area contributed by atoms with Gasteiger partial charge in [0.1, 0.15) is 6.61 Å². The van der Waals surface area contributed by atoms with E-state index in [9.17, 15) is 9.59 Å². The van der Waals surface area contributed by atoms with Gasteiger partial charge in [0, 0.05) is 12.3 Å². The van der Waals surface area contributed by atoms with E-state index in [2.05, 4.69) is 6.58 Å². The number of benzene rings is 1. The van der Waals surface area contributed by atoms with Crippen molar-refractivity contribution in [1.82, 2.24) is 4.90 Å². The predicted octanol–water partition coefficient (Wildman–Crippen LogP) is 3.35.